The number of methoxy groups -OCH3 is 1. The summed E-state index contributed by atoms with van der Waals surface area (Å²) in [6, 6.07) is 9.01. The lowest BCUT2D eigenvalue weighted by Gasteiger charge is -2.15. The first kappa shape index (κ1) is 10.4. The van der Waals surface area contributed by atoms with Crippen LogP contribution in [-0.2, 0) is 9.53 Å². The second-order valence-corrected chi connectivity index (χ2v) is 3.35. The monoisotopic (exact) mass is 216 g/mol. The summed E-state index contributed by atoms with van der Waals surface area (Å²) in [5.41, 5.74) is 0.882. The van der Waals surface area contributed by atoms with Gasteiger partial charge in [0.05, 0.1) is 13.4 Å². The van der Waals surface area contributed by atoms with Crippen LogP contribution < -0.4 is 0 Å². The molecule has 0 amide bonds. The summed E-state index contributed by atoms with van der Waals surface area (Å²) in [6.45, 7) is 0. The molecule has 4 heteroatoms. The number of esters is 1. The van der Waals surface area contributed by atoms with Gasteiger partial charge in [-0.2, -0.15) is 0 Å². The van der Waals surface area contributed by atoms with Crippen LogP contribution in [-0.4, -0.2) is 22.6 Å². The number of hydrogen-bond acceptors (Lipinski definition) is 3. The van der Waals surface area contributed by atoms with E-state index in [1.54, 1.807) is 23.3 Å². The number of nitrogens with zero attached hydrogens (tertiary/aromatic N) is 2. The summed E-state index contributed by atoms with van der Waals surface area (Å²) < 4.78 is 6.53. The SMILES string of the molecule is COC(=O)C(c1ccccc1)n1ccnc1. The number of hydrogen-bond donors (Lipinski definition) is 0. The number of rotatable bonds is 3. The Balaban J connectivity index is 2.40. The molecule has 1 atom stereocenters. The average Bonchev–Trinajstić information content (AvgIpc) is 2.84. The minimum Gasteiger partial charge on any atom is -0.467 e. The van der Waals surface area contributed by atoms with Crippen LogP contribution in [0.1, 0.15) is 11.6 Å². The molecule has 1 aromatic carbocycles. The van der Waals surface area contributed by atoms with Crippen LogP contribution >= 0.6 is 0 Å². The Labute approximate surface area is 93.5 Å². The molecule has 16 heavy (non-hydrogen) atoms. The number of imidazole rings is 1. The summed E-state index contributed by atoms with van der Waals surface area (Å²) in [5.74, 6) is -0.302. The summed E-state index contributed by atoms with van der Waals surface area (Å²) in [7, 11) is 1.38. The van der Waals surface area contributed by atoms with Crippen LogP contribution in [0.25, 0.3) is 0 Å². The standard InChI is InChI=1S/C12H12N2O2/c1-16-12(15)11(14-8-7-13-9-14)10-5-3-2-4-6-10/h2-9,11H,1H3. The van der Waals surface area contributed by atoms with E-state index in [0.717, 1.165) is 5.56 Å². The maximum Gasteiger partial charge on any atom is 0.333 e. The molecule has 0 aliphatic carbocycles. The van der Waals surface area contributed by atoms with Crippen molar-refractivity contribution in [1.82, 2.24) is 9.55 Å². The van der Waals surface area contributed by atoms with Gasteiger partial charge in [-0.15, -0.1) is 0 Å². The second-order valence-electron chi connectivity index (χ2n) is 3.35. The zero-order valence-electron chi connectivity index (χ0n) is 8.91. The van der Waals surface area contributed by atoms with Crippen molar-refractivity contribution < 1.29 is 9.53 Å². The lowest BCUT2D eigenvalue weighted by Crippen LogP contribution is -2.20. The molecule has 0 spiro atoms. The highest BCUT2D eigenvalue weighted by Crippen LogP contribution is 2.18. The molecule has 0 bridgehead atoms. The van der Waals surface area contributed by atoms with Crippen molar-refractivity contribution in [2.75, 3.05) is 7.11 Å². The van der Waals surface area contributed by atoms with Crippen molar-refractivity contribution >= 4 is 5.97 Å². The summed E-state index contributed by atoms with van der Waals surface area (Å²) in [6.07, 6.45) is 4.99. The van der Waals surface area contributed by atoms with E-state index >= 15 is 0 Å². The van der Waals surface area contributed by atoms with Crippen molar-refractivity contribution in [2.24, 2.45) is 0 Å². The van der Waals surface area contributed by atoms with E-state index in [9.17, 15) is 4.79 Å². The number of carbonyl (C=O) groups excluding carboxylic acids is 1. The third kappa shape index (κ3) is 1.95. The molecule has 0 saturated carbocycles. The second kappa shape index (κ2) is 4.61. The molecule has 0 aliphatic rings. The van der Waals surface area contributed by atoms with Gasteiger partial charge < -0.3 is 9.30 Å². The number of ether oxygens (including phenoxy) is 1. The average molecular weight is 216 g/mol. The van der Waals surface area contributed by atoms with Gasteiger partial charge >= 0.3 is 5.97 Å². The lowest BCUT2D eigenvalue weighted by molar-refractivity contribution is -0.143. The van der Waals surface area contributed by atoms with Crippen molar-refractivity contribution in [3.05, 3.63) is 54.6 Å². The summed E-state index contributed by atoms with van der Waals surface area (Å²) in [4.78, 5) is 15.7. The van der Waals surface area contributed by atoms with Gasteiger partial charge in [-0.05, 0) is 5.56 Å². The number of carbonyl (C=O) groups is 1. The summed E-state index contributed by atoms with van der Waals surface area (Å²) >= 11 is 0. The highest BCUT2D eigenvalue weighted by molar-refractivity contribution is 5.77. The van der Waals surface area contributed by atoms with Gasteiger partial charge in [0.1, 0.15) is 0 Å². The Morgan fingerprint density at radius 3 is 2.69 bits per heavy atom. The van der Waals surface area contributed by atoms with E-state index in [1.807, 2.05) is 30.3 Å². The Kier molecular flexibility index (Phi) is 3.00. The Morgan fingerprint density at radius 1 is 1.38 bits per heavy atom. The van der Waals surface area contributed by atoms with Crippen LogP contribution in [0.15, 0.2) is 49.1 Å². The molecule has 0 fully saturated rings. The fourth-order valence-corrected chi connectivity index (χ4v) is 1.60. The zero-order valence-corrected chi connectivity index (χ0v) is 8.91. The normalized spacial score (nSPS) is 12.1. The fourth-order valence-electron chi connectivity index (χ4n) is 1.60. The van der Waals surface area contributed by atoms with Gasteiger partial charge in [0.15, 0.2) is 6.04 Å². The van der Waals surface area contributed by atoms with Gasteiger partial charge in [-0.25, -0.2) is 9.78 Å². The van der Waals surface area contributed by atoms with Crippen molar-refractivity contribution in [3.8, 4) is 0 Å². The van der Waals surface area contributed by atoms with Crippen molar-refractivity contribution in [3.63, 3.8) is 0 Å². The molecule has 0 aliphatic heterocycles. The van der Waals surface area contributed by atoms with E-state index in [-0.39, 0.29) is 5.97 Å². The van der Waals surface area contributed by atoms with Gasteiger partial charge in [0.2, 0.25) is 0 Å². The van der Waals surface area contributed by atoms with Gasteiger partial charge in [-0.1, -0.05) is 30.3 Å². The van der Waals surface area contributed by atoms with Crippen LogP contribution in [0.2, 0.25) is 0 Å². The maximum atomic E-state index is 11.7. The molecule has 4 nitrogen and oxygen atoms in total. The smallest absolute Gasteiger partial charge is 0.333 e. The molecule has 2 rings (SSSR count). The van der Waals surface area contributed by atoms with Crippen LogP contribution in [0.4, 0.5) is 0 Å². The van der Waals surface area contributed by atoms with E-state index in [4.69, 9.17) is 4.74 Å². The predicted molar refractivity (Wildman–Crippen MR) is 58.8 cm³/mol. The molecule has 0 radical (unpaired) electrons. The third-order valence-corrected chi connectivity index (χ3v) is 2.36. The van der Waals surface area contributed by atoms with Crippen LogP contribution in [0.3, 0.4) is 0 Å². The van der Waals surface area contributed by atoms with E-state index in [1.165, 1.54) is 7.11 Å². The first-order chi connectivity index (χ1) is 7.83. The molecule has 0 saturated heterocycles. The zero-order chi connectivity index (χ0) is 11.4. The molecular formula is C12H12N2O2. The molecule has 1 unspecified atom stereocenters. The van der Waals surface area contributed by atoms with Gasteiger partial charge in [0.25, 0.3) is 0 Å². The fraction of sp³-hybridized carbons (Fsp3) is 0.167. The molecule has 82 valence electrons. The lowest BCUT2D eigenvalue weighted by atomic mass is 10.1. The van der Waals surface area contributed by atoms with Crippen LogP contribution in [0, 0.1) is 0 Å². The molecule has 1 aromatic heterocycles. The topological polar surface area (TPSA) is 44.1 Å². The quantitative estimate of drug-likeness (QED) is 0.733. The Morgan fingerprint density at radius 2 is 2.12 bits per heavy atom. The molecule has 2 aromatic rings. The van der Waals surface area contributed by atoms with Gasteiger partial charge in [0, 0.05) is 12.4 Å². The maximum absolute atomic E-state index is 11.7. The van der Waals surface area contributed by atoms with E-state index in [0.29, 0.717) is 0 Å². The molecular weight excluding hydrogens is 204 g/mol. The van der Waals surface area contributed by atoms with E-state index in [2.05, 4.69) is 4.98 Å². The molecule has 0 N–H and O–H groups in total. The Bertz CT molecular complexity index is 451. The third-order valence-electron chi connectivity index (χ3n) is 2.36. The highest BCUT2D eigenvalue weighted by Gasteiger charge is 2.22. The number of benzene rings is 1. The largest absolute Gasteiger partial charge is 0.467 e. The first-order valence-electron chi connectivity index (χ1n) is 4.93. The minimum absolute atomic E-state index is 0.302. The first-order valence-corrected chi connectivity index (χ1v) is 4.93. The molecule has 1 heterocycles. The van der Waals surface area contributed by atoms with Crippen LogP contribution in [0.5, 0.6) is 0 Å². The van der Waals surface area contributed by atoms with Gasteiger partial charge in [-0.3, -0.25) is 0 Å². The van der Waals surface area contributed by atoms with Crippen molar-refractivity contribution in [1.29, 1.82) is 0 Å². The number of aromatic nitrogens is 2. The highest BCUT2D eigenvalue weighted by atomic mass is 16.5. The van der Waals surface area contributed by atoms with E-state index < -0.39 is 6.04 Å². The predicted octanol–water partition coefficient (Wildman–Crippen LogP) is 1.65. The Hall–Kier alpha value is -2.10. The minimum atomic E-state index is -0.464. The van der Waals surface area contributed by atoms with Crippen molar-refractivity contribution in [2.45, 2.75) is 6.04 Å². The summed E-state index contributed by atoms with van der Waals surface area (Å²) in [5, 5.41) is 0.